The molecule has 0 heterocycles. The summed E-state index contributed by atoms with van der Waals surface area (Å²) in [4.78, 5) is 11.5. The summed E-state index contributed by atoms with van der Waals surface area (Å²) in [5.74, 6) is 1.01. The zero-order valence-corrected chi connectivity index (χ0v) is 11.6. The Morgan fingerprint density at radius 3 is 2.61 bits per heavy atom. The zero-order chi connectivity index (χ0) is 13.0. The Morgan fingerprint density at radius 2 is 2.00 bits per heavy atom. The van der Waals surface area contributed by atoms with Crippen molar-refractivity contribution in [2.24, 2.45) is 5.92 Å². The third-order valence-corrected chi connectivity index (χ3v) is 4.31. The van der Waals surface area contributed by atoms with E-state index >= 15 is 0 Å². The molecule has 2 rings (SSSR count). The Kier molecular flexibility index (Phi) is 4.78. The fraction of sp³-hybridized carbons (Fsp3) is 0.462. The number of nitrogens with one attached hydrogen (secondary N) is 1. The minimum absolute atomic E-state index is 0.0787. The number of carbonyl (C=O) groups is 1. The van der Waals surface area contributed by atoms with Gasteiger partial charge in [0.25, 0.3) is 0 Å². The summed E-state index contributed by atoms with van der Waals surface area (Å²) in [6.45, 7) is 0.733. The van der Waals surface area contributed by atoms with Gasteiger partial charge in [0, 0.05) is 28.1 Å². The summed E-state index contributed by atoms with van der Waals surface area (Å²) < 4.78 is 11.8. The van der Waals surface area contributed by atoms with Crippen LogP contribution in [0.4, 0.5) is 0 Å². The lowest BCUT2D eigenvalue weighted by atomic mass is 10.2. The highest BCUT2D eigenvalue weighted by atomic mass is 35.5. The first-order valence-corrected chi connectivity index (χ1v) is 7.86. The van der Waals surface area contributed by atoms with Gasteiger partial charge in [0.05, 0.1) is 0 Å². The average Bonchev–Trinajstić information content (AvgIpc) is 3.13. The first-order valence-electron chi connectivity index (χ1n) is 5.99. The number of benzene rings is 1. The molecule has 1 atom stereocenters. The topological polar surface area (TPSA) is 46.2 Å². The van der Waals surface area contributed by atoms with Crippen LogP contribution in [0.15, 0.2) is 24.3 Å². The maximum absolute atomic E-state index is 11.8. The first-order chi connectivity index (χ1) is 8.63. The molecule has 0 unspecified atom stereocenters. The first kappa shape index (κ1) is 13.6. The van der Waals surface area contributed by atoms with Crippen molar-refractivity contribution in [3.05, 3.63) is 34.9 Å². The normalized spacial score (nSPS) is 16.3. The van der Waals surface area contributed by atoms with Gasteiger partial charge in [-0.3, -0.25) is 9.00 Å². The molecule has 0 bridgehead atoms. The summed E-state index contributed by atoms with van der Waals surface area (Å²) in [5.41, 5.74) is 0.938. The molecular weight excluding hydrogens is 270 g/mol. The van der Waals surface area contributed by atoms with Gasteiger partial charge in [0.2, 0.25) is 5.91 Å². The highest BCUT2D eigenvalue weighted by Gasteiger charge is 2.21. The lowest BCUT2D eigenvalue weighted by molar-refractivity contribution is -0.118. The van der Waals surface area contributed by atoms with Crippen LogP contribution >= 0.6 is 11.6 Å². The van der Waals surface area contributed by atoms with Crippen LogP contribution in [0, 0.1) is 5.92 Å². The number of halogens is 1. The van der Waals surface area contributed by atoms with Crippen LogP contribution in [0.3, 0.4) is 0 Å². The summed E-state index contributed by atoms with van der Waals surface area (Å²) >= 11 is 5.77. The van der Waals surface area contributed by atoms with Gasteiger partial charge < -0.3 is 5.32 Å². The molecule has 18 heavy (non-hydrogen) atoms. The lowest BCUT2D eigenvalue weighted by Crippen LogP contribution is -2.30. The van der Waals surface area contributed by atoms with Crippen LogP contribution in [0.5, 0.6) is 0 Å². The smallest absolute Gasteiger partial charge is 0.232 e. The van der Waals surface area contributed by atoms with Crippen LogP contribution in [0.1, 0.15) is 18.4 Å². The number of rotatable bonds is 6. The average molecular weight is 286 g/mol. The van der Waals surface area contributed by atoms with E-state index < -0.39 is 10.8 Å². The summed E-state index contributed by atoms with van der Waals surface area (Å²) in [7, 11) is -1.16. The van der Waals surface area contributed by atoms with Crippen LogP contribution in [0.25, 0.3) is 0 Å². The van der Waals surface area contributed by atoms with Crippen molar-refractivity contribution < 1.29 is 9.00 Å². The van der Waals surface area contributed by atoms with Gasteiger partial charge in [-0.15, -0.1) is 0 Å². The summed E-state index contributed by atoms with van der Waals surface area (Å²) in [6.07, 6.45) is 2.41. The minimum atomic E-state index is -1.16. The molecule has 0 spiro atoms. The predicted molar refractivity (Wildman–Crippen MR) is 73.9 cm³/mol. The lowest BCUT2D eigenvalue weighted by Gasteiger charge is -2.04. The highest BCUT2D eigenvalue weighted by Crippen LogP contribution is 2.27. The van der Waals surface area contributed by atoms with E-state index in [-0.39, 0.29) is 11.7 Å². The molecule has 1 fully saturated rings. The maximum Gasteiger partial charge on any atom is 0.232 e. The maximum atomic E-state index is 11.8. The standard InChI is InChI=1S/C13H16ClNO2S/c14-12-5-3-11(4-6-12)8-18(17)9-13(16)15-7-10-1-2-10/h3-6,10H,1-2,7-9H2,(H,15,16)/t18-/m0/s1. The Hall–Kier alpha value is -0.870. The molecule has 1 aliphatic rings. The predicted octanol–water partition coefficient (Wildman–Crippen LogP) is 2.11. The van der Waals surface area contributed by atoms with Crippen molar-refractivity contribution in [2.45, 2.75) is 18.6 Å². The largest absolute Gasteiger partial charge is 0.355 e. The third kappa shape index (κ3) is 4.78. The fourth-order valence-electron chi connectivity index (χ4n) is 1.59. The summed E-state index contributed by atoms with van der Waals surface area (Å²) in [6, 6.07) is 7.20. The molecule has 1 aromatic carbocycles. The quantitative estimate of drug-likeness (QED) is 0.870. The van der Waals surface area contributed by atoms with Crippen molar-refractivity contribution >= 4 is 28.3 Å². The van der Waals surface area contributed by atoms with Crippen molar-refractivity contribution in [3.8, 4) is 0 Å². The van der Waals surface area contributed by atoms with Gasteiger partial charge in [-0.1, -0.05) is 23.7 Å². The summed E-state index contributed by atoms with van der Waals surface area (Å²) in [5, 5.41) is 3.48. The molecule has 1 aliphatic carbocycles. The molecule has 1 N–H and O–H groups in total. The van der Waals surface area contributed by atoms with Gasteiger partial charge in [-0.25, -0.2) is 0 Å². The van der Waals surface area contributed by atoms with Crippen molar-refractivity contribution in [3.63, 3.8) is 0 Å². The van der Waals surface area contributed by atoms with Crippen molar-refractivity contribution in [1.82, 2.24) is 5.32 Å². The Labute approximate surface area is 114 Å². The van der Waals surface area contributed by atoms with Gasteiger partial charge in [0.1, 0.15) is 5.75 Å². The van der Waals surface area contributed by atoms with E-state index in [1.54, 1.807) is 12.1 Å². The second-order valence-corrected chi connectivity index (χ2v) is 6.50. The molecule has 3 nitrogen and oxygen atoms in total. The van der Waals surface area contributed by atoms with E-state index in [4.69, 9.17) is 11.6 Å². The van der Waals surface area contributed by atoms with Crippen LogP contribution < -0.4 is 5.32 Å². The molecule has 1 aromatic rings. The van der Waals surface area contributed by atoms with Crippen LogP contribution in [0.2, 0.25) is 5.02 Å². The molecule has 1 amide bonds. The monoisotopic (exact) mass is 285 g/mol. The van der Waals surface area contributed by atoms with Crippen LogP contribution in [-0.2, 0) is 21.3 Å². The molecule has 5 heteroatoms. The van der Waals surface area contributed by atoms with E-state index in [0.717, 1.165) is 12.1 Å². The fourth-order valence-corrected chi connectivity index (χ4v) is 2.78. The van der Waals surface area contributed by atoms with Gasteiger partial charge in [0.15, 0.2) is 0 Å². The second kappa shape index (κ2) is 6.34. The molecule has 1 saturated carbocycles. The molecule has 0 saturated heterocycles. The van der Waals surface area contributed by atoms with Gasteiger partial charge in [-0.2, -0.15) is 0 Å². The number of amides is 1. The van der Waals surface area contributed by atoms with E-state index in [9.17, 15) is 9.00 Å². The van der Waals surface area contributed by atoms with Crippen molar-refractivity contribution in [1.29, 1.82) is 0 Å². The molecule has 0 aromatic heterocycles. The Bertz CT molecular complexity index is 443. The van der Waals surface area contributed by atoms with E-state index in [0.29, 0.717) is 16.7 Å². The number of hydrogen-bond donors (Lipinski definition) is 1. The number of hydrogen-bond acceptors (Lipinski definition) is 2. The van der Waals surface area contributed by atoms with E-state index in [2.05, 4.69) is 5.32 Å². The van der Waals surface area contributed by atoms with E-state index in [1.165, 1.54) is 12.8 Å². The van der Waals surface area contributed by atoms with Gasteiger partial charge >= 0.3 is 0 Å². The van der Waals surface area contributed by atoms with Crippen LogP contribution in [-0.4, -0.2) is 22.4 Å². The Morgan fingerprint density at radius 1 is 1.33 bits per heavy atom. The zero-order valence-electron chi connectivity index (χ0n) is 10.0. The molecule has 0 radical (unpaired) electrons. The van der Waals surface area contributed by atoms with Gasteiger partial charge in [-0.05, 0) is 36.5 Å². The molecule has 98 valence electrons. The van der Waals surface area contributed by atoms with Crippen molar-refractivity contribution in [2.75, 3.05) is 12.3 Å². The second-order valence-electron chi connectivity index (χ2n) is 4.60. The molecule has 0 aliphatic heterocycles. The highest BCUT2D eigenvalue weighted by molar-refractivity contribution is 7.84. The Balaban J connectivity index is 1.73. The number of carbonyl (C=O) groups excluding carboxylic acids is 1. The molecular formula is C13H16ClNO2S. The SMILES string of the molecule is O=C(C[S@@](=O)Cc1ccc(Cl)cc1)NCC1CC1. The third-order valence-electron chi connectivity index (χ3n) is 2.82. The minimum Gasteiger partial charge on any atom is -0.355 e. The van der Waals surface area contributed by atoms with E-state index in [1.807, 2.05) is 12.1 Å².